The third kappa shape index (κ3) is 2.42. The predicted molar refractivity (Wildman–Crippen MR) is 72.8 cm³/mol. The van der Waals surface area contributed by atoms with Crippen LogP contribution in [0.25, 0.3) is 0 Å². The molecule has 2 aliphatic heterocycles. The first-order valence-corrected chi connectivity index (χ1v) is 7.01. The van der Waals surface area contributed by atoms with Crippen LogP contribution in [0.1, 0.15) is 16.8 Å². The SMILES string of the molecule is CN1CC(CO)CC12CN(C(=O)c1cc(F)cc(F)c1)C2. The number of aliphatic hydroxyl groups excluding tert-OH is 1. The van der Waals surface area contributed by atoms with Gasteiger partial charge in [-0.15, -0.1) is 0 Å². The number of hydrogen-bond acceptors (Lipinski definition) is 3. The third-order valence-corrected chi connectivity index (χ3v) is 4.64. The predicted octanol–water partition coefficient (Wildman–Crippen LogP) is 1.10. The van der Waals surface area contributed by atoms with E-state index in [0.717, 1.165) is 31.2 Å². The lowest BCUT2D eigenvalue weighted by atomic mass is 9.84. The Morgan fingerprint density at radius 2 is 1.95 bits per heavy atom. The smallest absolute Gasteiger partial charge is 0.254 e. The van der Waals surface area contributed by atoms with Crippen molar-refractivity contribution in [2.24, 2.45) is 5.92 Å². The maximum Gasteiger partial charge on any atom is 0.254 e. The van der Waals surface area contributed by atoms with E-state index in [1.54, 1.807) is 4.90 Å². The molecule has 6 heteroatoms. The highest BCUT2D eigenvalue weighted by molar-refractivity contribution is 5.95. The van der Waals surface area contributed by atoms with Gasteiger partial charge in [-0.3, -0.25) is 9.69 Å². The van der Waals surface area contributed by atoms with Gasteiger partial charge in [0.25, 0.3) is 5.91 Å². The van der Waals surface area contributed by atoms with Crippen molar-refractivity contribution in [2.75, 3.05) is 33.3 Å². The van der Waals surface area contributed by atoms with Crippen molar-refractivity contribution < 1.29 is 18.7 Å². The summed E-state index contributed by atoms with van der Waals surface area (Å²) in [5, 5.41) is 9.26. The molecule has 114 valence electrons. The van der Waals surface area contributed by atoms with Crippen LogP contribution in [0, 0.1) is 17.6 Å². The second-order valence-corrected chi connectivity index (χ2v) is 6.18. The quantitative estimate of drug-likeness (QED) is 0.889. The Morgan fingerprint density at radius 3 is 2.48 bits per heavy atom. The zero-order chi connectivity index (χ0) is 15.2. The molecule has 2 saturated heterocycles. The molecule has 2 fully saturated rings. The Labute approximate surface area is 122 Å². The first-order valence-electron chi connectivity index (χ1n) is 7.01. The number of aliphatic hydroxyl groups is 1. The molecule has 1 N–H and O–H groups in total. The van der Waals surface area contributed by atoms with Crippen molar-refractivity contribution >= 4 is 5.91 Å². The molecule has 2 heterocycles. The second-order valence-electron chi connectivity index (χ2n) is 6.18. The number of amides is 1. The van der Waals surface area contributed by atoms with Gasteiger partial charge < -0.3 is 10.0 Å². The van der Waals surface area contributed by atoms with Crippen molar-refractivity contribution in [3.63, 3.8) is 0 Å². The van der Waals surface area contributed by atoms with E-state index in [9.17, 15) is 18.7 Å². The van der Waals surface area contributed by atoms with Crippen LogP contribution >= 0.6 is 0 Å². The fourth-order valence-electron chi connectivity index (χ4n) is 3.50. The molecule has 4 nitrogen and oxygen atoms in total. The van der Waals surface area contributed by atoms with Crippen molar-refractivity contribution in [3.05, 3.63) is 35.4 Å². The molecule has 0 bridgehead atoms. The Bertz CT molecular complexity index is 553. The summed E-state index contributed by atoms with van der Waals surface area (Å²) < 4.78 is 26.4. The van der Waals surface area contributed by atoms with E-state index >= 15 is 0 Å². The highest BCUT2D eigenvalue weighted by Gasteiger charge is 2.52. The maximum atomic E-state index is 13.2. The molecule has 1 atom stereocenters. The van der Waals surface area contributed by atoms with Gasteiger partial charge in [0.1, 0.15) is 11.6 Å². The molecule has 0 saturated carbocycles. The first-order chi connectivity index (χ1) is 9.93. The van der Waals surface area contributed by atoms with Crippen molar-refractivity contribution in [1.82, 2.24) is 9.80 Å². The lowest BCUT2D eigenvalue weighted by Crippen LogP contribution is -2.68. The van der Waals surface area contributed by atoms with Crippen molar-refractivity contribution in [1.29, 1.82) is 0 Å². The fraction of sp³-hybridized carbons (Fsp3) is 0.533. The van der Waals surface area contributed by atoms with Crippen LogP contribution in [0.15, 0.2) is 18.2 Å². The number of likely N-dealkylation sites (tertiary alicyclic amines) is 2. The summed E-state index contributed by atoms with van der Waals surface area (Å²) in [6.45, 7) is 2.04. The average molecular weight is 296 g/mol. The molecule has 2 aliphatic rings. The number of carbonyl (C=O) groups excluding carboxylic acids is 1. The standard InChI is InChI=1S/C15H18F2N2O2/c1-18-6-10(7-20)5-15(18)8-19(9-15)14(21)11-2-12(16)4-13(17)3-11/h2-4,10,20H,5-9H2,1H3. The lowest BCUT2D eigenvalue weighted by molar-refractivity contribution is -0.00779. The zero-order valence-corrected chi connectivity index (χ0v) is 11.9. The summed E-state index contributed by atoms with van der Waals surface area (Å²) in [4.78, 5) is 16.0. The van der Waals surface area contributed by atoms with Crippen LogP contribution < -0.4 is 0 Å². The van der Waals surface area contributed by atoms with Crippen LogP contribution in [-0.2, 0) is 0 Å². The van der Waals surface area contributed by atoms with E-state index in [4.69, 9.17) is 0 Å². The average Bonchev–Trinajstić information content (AvgIpc) is 2.72. The maximum absolute atomic E-state index is 13.2. The minimum atomic E-state index is -0.744. The minimum Gasteiger partial charge on any atom is -0.396 e. The number of nitrogens with zero attached hydrogens (tertiary/aromatic N) is 2. The topological polar surface area (TPSA) is 43.8 Å². The van der Waals surface area contributed by atoms with E-state index < -0.39 is 11.6 Å². The molecule has 0 radical (unpaired) electrons. The van der Waals surface area contributed by atoms with Gasteiger partial charge >= 0.3 is 0 Å². The summed E-state index contributed by atoms with van der Waals surface area (Å²) in [5.74, 6) is -1.60. The van der Waals surface area contributed by atoms with Crippen LogP contribution in [0.2, 0.25) is 0 Å². The molecule has 1 spiro atoms. The summed E-state index contributed by atoms with van der Waals surface area (Å²) >= 11 is 0. The molecule has 1 unspecified atom stereocenters. The molecule has 1 aromatic carbocycles. The number of likely N-dealkylation sites (N-methyl/N-ethyl adjacent to an activating group) is 1. The zero-order valence-electron chi connectivity index (χ0n) is 11.9. The monoisotopic (exact) mass is 296 g/mol. The van der Waals surface area contributed by atoms with Gasteiger partial charge in [-0.1, -0.05) is 0 Å². The van der Waals surface area contributed by atoms with Gasteiger partial charge in [-0.05, 0) is 31.5 Å². The van der Waals surface area contributed by atoms with Crippen molar-refractivity contribution in [2.45, 2.75) is 12.0 Å². The molecule has 1 amide bonds. The highest BCUT2D eigenvalue weighted by atomic mass is 19.1. The van der Waals surface area contributed by atoms with Crippen LogP contribution in [-0.4, -0.2) is 59.6 Å². The van der Waals surface area contributed by atoms with Crippen molar-refractivity contribution in [3.8, 4) is 0 Å². The first kappa shape index (κ1) is 14.4. The Hall–Kier alpha value is -1.53. The molecule has 0 aromatic heterocycles. The van der Waals surface area contributed by atoms with Gasteiger partial charge in [-0.25, -0.2) is 8.78 Å². The van der Waals surface area contributed by atoms with Gasteiger partial charge in [-0.2, -0.15) is 0 Å². The summed E-state index contributed by atoms with van der Waals surface area (Å²) in [6.07, 6.45) is 0.849. The minimum absolute atomic E-state index is 0.0432. The molecule has 21 heavy (non-hydrogen) atoms. The lowest BCUT2D eigenvalue weighted by Gasteiger charge is -2.52. The van der Waals surface area contributed by atoms with Crippen LogP contribution in [0.4, 0.5) is 8.78 Å². The molecule has 1 aromatic rings. The number of rotatable bonds is 2. The third-order valence-electron chi connectivity index (χ3n) is 4.64. The Morgan fingerprint density at radius 1 is 1.33 bits per heavy atom. The summed E-state index contributed by atoms with van der Waals surface area (Å²) in [6, 6.07) is 2.88. The van der Waals surface area contributed by atoms with E-state index in [-0.39, 0.29) is 29.5 Å². The van der Waals surface area contributed by atoms with E-state index in [1.165, 1.54) is 0 Å². The number of carbonyl (C=O) groups is 1. The Kier molecular flexibility index (Phi) is 3.45. The highest BCUT2D eigenvalue weighted by Crippen LogP contribution is 2.39. The fourth-order valence-corrected chi connectivity index (χ4v) is 3.50. The van der Waals surface area contributed by atoms with Crippen LogP contribution in [0.3, 0.4) is 0 Å². The Balaban J connectivity index is 1.70. The normalized spacial score (nSPS) is 24.4. The summed E-state index contributed by atoms with van der Waals surface area (Å²) in [5.41, 5.74) is -0.0451. The summed E-state index contributed by atoms with van der Waals surface area (Å²) in [7, 11) is 1.99. The van der Waals surface area contributed by atoms with Gasteiger partial charge in [0.05, 0.1) is 5.54 Å². The number of hydrogen-bond donors (Lipinski definition) is 1. The molecule has 0 aliphatic carbocycles. The van der Waals surface area contributed by atoms with E-state index in [1.807, 2.05) is 7.05 Å². The van der Waals surface area contributed by atoms with Crippen LogP contribution in [0.5, 0.6) is 0 Å². The largest absolute Gasteiger partial charge is 0.396 e. The molecular weight excluding hydrogens is 278 g/mol. The second kappa shape index (κ2) is 5.03. The number of benzene rings is 1. The van der Waals surface area contributed by atoms with Gasteiger partial charge in [0.2, 0.25) is 0 Å². The van der Waals surface area contributed by atoms with Gasteiger partial charge in [0.15, 0.2) is 0 Å². The van der Waals surface area contributed by atoms with E-state index in [2.05, 4.69) is 4.90 Å². The molecule has 3 rings (SSSR count). The van der Waals surface area contributed by atoms with Gasteiger partial charge in [0, 0.05) is 37.9 Å². The molecular formula is C15H18F2N2O2. The number of halogens is 2. The van der Waals surface area contributed by atoms with E-state index in [0.29, 0.717) is 13.1 Å².